The maximum Gasteiger partial charge on any atom is 0.276 e. The van der Waals surface area contributed by atoms with Crippen molar-refractivity contribution in [1.29, 1.82) is 0 Å². The molecule has 2 aliphatic rings. The van der Waals surface area contributed by atoms with Gasteiger partial charge in [-0.05, 0) is 23.8 Å². The van der Waals surface area contributed by atoms with Crippen molar-refractivity contribution in [2.24, 2.45) is 10.1 Å². The molecule has 0 radical (unpaired) electrons. The van der Waals surface area contributed by atoms with Crippen LogP contribution in [-0.2, 0) is 10.5 Å². The predicted molar refractivity (Wildman–Crippen MR) is 139 cm³/mol. The number of amides is 1. The number of nitrogens with zero attached hydrogens (tertiary/aromatic N) is 4. The Kier molecular flexibility index (Phi) is 5.78. The Balaban J connectivity index is 1.39. The van der Waals surface area contributed by atoms with Crippen LogP contribution in [0.4, 0.5) is 5.69 Å². The summed E-state index contributed by atoms with van der Waals surface area (Å²) in [5, 5.41) is 22.2. The van der Waals surface area contributed by atoms with Gasteiger partial charge in [0.15, 0.2) is 10.9 Å². The van der Waals surface area contributed by atoms with Gasteiger partial charge in [-0.3, -0.25) is 20.2 Å². The van der Waals surface area contributed by atoms with Gasteiger partial charge >= 0.3 is 0 Å². The summed E-state index contributed by atoms with van der Waals surface area (Å²) in [5.41, 5.74) is 2.03. The molecule has 3 aromatic carbocycles. The Labute approximate surface area is 215 Å². The highest BCUT2D eigenvalue weighted by atomic mass is 32.2. The lowest BCUT2D eigenvalue weighted by atomic mass is 10.1. The molecule has 1 atom stereocenters. The van der Waals surface area contributed by atoms with Gasteiger partial charge in [-0.1, -0.05) is 72.4 Å². The lowest BCUT2D eigenvalue weighted by Crippen LogP contribution is -2.50. The Morgan fingerprint density at radius 1 is 1.00 bits per heavy atom. The highest BCUT2D eigenvalue weighted by Gasteiger charge is 2.36. The molecule has 6 rings (SSSR count). The largest absolute Gasteiger partial charge is 0.457 e. The average Bonchev–Trinajstić information content (AvgIpc) is 3.42. The zero-order valence-corrected chi connectivity index (χ0v) is 20.1. The fourth-order valence-corrected chi connectivity index (χ4v) is 5.03. The summed E-state index contributed by atoms with van der Waals surface area (Å²) in [6.07, 6.45) is -0.726. The average molecular weight is 510 g/mol. The number of rotatable bonds is 5. The minimum atomic E-state index is -0.726. The number of nitro benzene ring substituents is 1. The summed E-state index contributed by atoms with van der Waals surface area (Å²) in [5.74, 6) is 1.28. The molecule has 3 heterocycles. The fourth-order valence-electron chi connectivity index (χ4n) is 4.22. The molecule has 0 fully saturated rings. The predicted octanol–water partition coefficient (Wildman–Crippen LogP) is 3.93. The van der Waals surface area contributed by atoms with E-state index in [0.29, 0.717) is 44.3 Å². The van der Waals surface area contributed by atoms with Crippen LogP contribution in [0, 0.1) is 10.1 Å². The topological polar surface area (TPSA) is 113 Å². The van der Waals surface area contributed by atoms with Crippen LogP contribution in [0.1, 0.15) is 17.5 Å². The van der Waals surface area contributed by atoms with Gasteiger partial charge in [0.05, 0.1) is 10.3 Å². The van der Waals surface area contributed by atoms with Crippen LogP contribution in [-0.4, -0.2) is 21.0 Å². The van der Waals surface area contributed by atoms with Crippen LogP contribution >= 0.6 is 11.8 Å². The van der Waals surface area contributed by atoms with E-state index < -0.39 is 11.1 Å². The summed E-state index contributed by atoms with van der Waals surface area (Å²) >= 11 is 1.42. The van der Waals surface area contributed by atoms with Crippen molar-refractivity contribution in [3.63, 3.8) is 0 Å². The van der Waals surface area contributed by atoms with Gasteiger partial charge in [0.25, 0.3) is 11.6 Å². The van der Waals surface area contributed by atoms with Crippen LogP contribution in [0.2, 0.25) is 0 Å². The summed E-state index contributed by atoms with van der Waals surface area (Å²) < 4.78 is 6.13. The van der Waals surface area contributed by atoms with Gasteiger partial charge in [-0.25, -0.2) is 10.0 Å². The molecule has 182 valence electrons. The first-order valence-electron chi connectivity index (χ1n) is 11.4. The van der Waals surface area contributed by atoms with E-state index in [2.05, 4.69) is 5.32 Å². The number of carbonyl (C=O) groups is 1. The number of nitro groups is 1. The number of fused-ring (bicyclic) bond motifs is 2. The van der Waals surface area contributed by atoms with Crippen LogP contribution in [0.25, 0.3) is 17.0 Å². The molecule has 10 heteroatoms. The normalized spacial score (nSPS) is 16.3. The van der Waals surface area contributed by atoms with Crippen molar-refractivity contribution in [2.75, 3.05) is 0 Å². The molecule has 0 aliphatic carbocycles. The number of para-hydroxylation sites is 1. The van der Waals surface area contributed by atoms with E-state index in [1.807, 2.05) is 54.6 Å². The van der Waals surface area contributed by atoms with Crippen LogP contribution < -0.4 is 15.9 Å². The number of hydrogen-bond acceptors (Lipinski definition) is 8. The third-order valence-electron chi connectivity index (χ3n) is 5.96. The minimum absolute atomic E-state index is 0.0280. The van der Waals surface area contributed by atoms with Crippen LogP contribution in [0.3, 0.4) is 0 Å². The highest BCUT2D eigenvalue weighted by Crippen LogP contribution is 2.34. The minimum Gasteiger partial charge on any atom is -0.457 e. The van der Waals surface area contributed by atoms with Gasteiger partial charge in [0.1, 0.15) is 11.5 Å². The molecule has 37 heavy (non-hydrogen) atoms. The van der Waals surface area contributed by atoms with Gasteiger partial charge in [0, 0.05) is 28.7 Å². The highest BCUT2D eigenvalue weighted by molar-refractivity contribution is 8.13. The number of carbonyl (C=O) groups excluding carboxylic acids is 1. The van der Waals surface area contributed by atoms with Crippen molar-refractivity contribution < 1.29 is 14.1 Å². The SMILES string of the molecule is O=C1NC(SCc2ccccc2)=NN2C1=c1ccccc1=N[C@H]2c1ccc(-c2cccc([N+](=O)[O-])c2)o1. The number of thioether (sulfide) groups is 1. The Hall–Kier alpha value is -4.70. The molecular weight excluding hydrogens is 490 g/mol. The Morgan fingerprint density at radius 3 is 2.65 bits per heavy atom. The second-order valence-electron chi connectivity index (χ2n) is 8.36. The van der Waals surface area contributed by atoms with E-state index >= 15 is 0 Å². The first-order chi connectivity index (χ1) is 18.1. The van der Waals surface area contributed by atoms with Crippen molar-refractivity contribution in [3.8, 4) is 11.3 Å². The second-order valence-corrected chi connectivity index (χ2v) is 9.32. The maximum absolute atomic E-state index is 13.3. The summed E-state index contributed by atoms with van der Waals surface area (Å²) in [7, 11) is 0. The third-order valence-corrected chi connectivity index (χ3v) is 6.89. The lowest BCUT2D eigenvalue weighted by Gasteiger charge is -2.32. The molecule has 4 aromatic rings. The lowest BCUT2D eigenvalue weighted by molar-refractivity contribution is -0.384. The number of amidine groups is 1. The van der Waals surface area contributed by atoms with Crippen LogP contribution in [0.15, 0.2) is 106 Å². The summed E-state index contributed by atoms with van der Waals surface area (Å²) in [4.78, 5) is 28.9. The smallest absolute Gasteiger partial charge is 0.276 e. The number of hydrazone groups is 1. The standard InChI is InChI=1S/C27H19N5O4S/c33-26-24-20-11-4-5-12-21(20)28-25(31(24)30-27(29-26)37-16-17-7-2-1-3-8-17)23-14-13-22(36-23)18-9-6-10-19(15-18)32(34)35/h1-15,25H,16H2,(H,29,30,33)/t25-/m1/s1. The molecule has 1 N–H and O–H groups in total. The molecule has 9 nitrogen and oxygen atoms in total. The number of hydrogen-bond donors (Lipinski definition) is 1. The fraction of sp³-hybridized carbons (Fsp3) is 0.0741. The summed E-state index contributed by atoms with van der Waals surface area (Å²) in [6.45, 7) is 0. The quantitative estimate of drug-likeness (QED) is 0.322. The maximum atomic E-state index is 13.3. The Bertz CT molecular complexity index is 1680. The molecule has 0 saturated carbocycles. The third kappa shape index (κ3) is 4.38. The van der Waals surface area contributed by atoms with E-state index in [0.717, 1.165) is 5.56 Å². The molecule has 0 spiro atoms. The molecule has 0 unspecified atom stereocenters. The monoisotopic (exact) mass is 509 g/mol. The number of non-ortho nitro benzene ring substituents is 1. The molecule has 1 aromatic heterocycles. The molecule has 0 saturated heterocycles. The number of furan rings is 1. The zero-order valence-electron chi connectivity index (χ0n) is 19.3. The van der Waals surface area contributed by atoms with E-state index in [-0.39, 0.29) is 11.6 Å². The first-order valence-corrected chi connectivity index (χ1v) is 12.4. The molecule has 1 amide bonds. The van der Waals surface area contributed by atoms with Crippen molar-refractivity contribution >= 4 is 34.2 Å². The van der Waals surface area contributed by atoms with E-state index in [9.17, 15) is 14.9 Å². The van der Waals surface area contributed by atoms with E-state index in [4.69, 9.17) is 14.5 Å². The van der Waals surface area contributed by atoms with E-state index in [1.54, 1.807) is 29.3 Å². The van der Waals surface area contributed by atoms with E-state index in [1.165, 1.54) is 23.9 Å². The number of benzene rings is 3. The van der Waals surface area contributed by atoms with Gasteiger partial charge < -0.3 is 4.42 Å². The second kappa shape index (κ2) is 9.40. The van der Waals surface area contributed by atoms with Crippen molar-refractivity contribution in [2.45, 2.75) is 11.9 Å². The van der Waals surface area contributed by atoms with Gasteiger partial charge in [0.2, 0.25) is 6.17 Å². The number of nitrogens with one attached hydrogen (secondary N) is 1. The molecule has 2 aliphatic heterocycles. The first kappa shape index (κ1) is 22.7. The Morgan fingerprint density at radius 2 is 1.81 bits per heavy atom. The van der Waals surface area contributed by atoms with Crippen LogP contribution in [0.5, 0.6) is 0 Å². The summed E-state index contributed by atoms with van der Waals surface area (Å²) in [6, 6.07) is 27.0. The van der Waals surface area contributed by atoms with Gasteiger partial charge in [-0.2, -0.15) is 0 Å². The molecule has 0 bridgehead atoms. The van der Waals surface area contributed by atoms with Crippen molar-refractivity contribution in [3.05, 3.63) is 123 Å². The van der Waals surface area contributed by atoms with Crippen molar-refractivity contribution in [1.82, 2.24) is 10.3 Å². The zero-order chi connectivity index (χ0) is 25.4. The molecular formula is C27H19N5O4S. The van der Waals surface area contributed by atoms with Gasteiger partial charge in [-0.15, -0.1) is 5.10 Å².